The van der Waals surface area contributed by atoms with Crippen molar-refractivity contribution in [1.82, 2.24) is 30.3 Å². The Morgan fingerprint density at radius 3 is 1.99 bits per heavy atom. The van der Waals surface area contributed by atoms with E-state index in [1.165, 1.54) is 0 Å². The summed E-state index contributed by atoms with van der Waals surface area (Å²) in [6.45, 7) is 23.1. The highest BCUT2D eigenvalue weighted by Crippen LogP contribution is 2.30. The van der Waals surface area contributed by atoms with Crippen LogP contribution in [0.25, 0.3) is 0 Å². The van der Waals surface area contributed by atoms with Gasteiger partial charge in [-0.3, -0.25) is 33.9 Å². The van der Waals surface area contributed by atoms with Gasteiger partial charge >= 0.3 is 0 Å². The first-order valence-corrected chi connectivity index (χ1v) is 26.0. The van der Waals surface area contributed by atoms with Crippen LogP contribution in [0.3, 0.4) is 0 Å². The summed E-state index contributed by atoms with van der Waals surface area (Å²) in [4.78, 5) is 77.8. The number of amides is 4. The lowest BCUT2D eigenvalue weighted by molar-refractivity contribution is -0.148. The molecule has 8 atom stereocenters. The molecule has 4 amide bonds. The van der Waals surface area contributed by atoms with Gasteiger partial charge in [-0.2, -0.15) is 0 Å². The van der Waals surface area contributed by atoms with Crippen molar-refractivity contribution in [2.45, 2.75) is 150 Å². The zero-order chi connectivity index (χ0) is 52.2. The quantitative estimate of drug-likeness (QED) is 0.0823. The number of Topliss-reactive ketones (excluding diaryl/α,β-unsaturated/α-hetero) is 1. The first-order valence-electron chi connectivity index (χ1n) is 26.0. The first-order chi connectivity index (χ1) is 33.4. The highest BCUT2D eigenvalue weighted by molar-refractivity contribution is 5.90. The topological polar surface area (TPSA) is 187 Å². The van der Waals surface area contributed by atoms with Crippen LogP contribution in [-0.2, 0) is 58.8 Å². The first kappa shape index (κ1) is 62.5. The zero-order valence-corrected chi connectivity index (χ0v) is 45.4. The maximum absolute atomic E-state index is 14.6. The van der Waals surface area contributed by atoms with Gasteiger partial charge in [0.05, 0.1) is 69.1 Å². The van der Waals surface area contributed by atoms with Gasteiger partial charge in [0.25, 0.3) is 0 Å². The molecule has 17 heteroatoms. The van der Waals surface area contributed by atoms with Crippen LogP contribution in [0.1, 0.15) is 113 Å². The van der Waals surface area contributed by atoms with Crippen molar-refractivity contribution < 1.29 is 52.4 Å². The molecule has 0 radical (unpaired) electrons. The van der Waals surface area contributed by atoms with Gasteiger partial charge in [0, 0.05) is 98.0 Å². The van der Waals surface area contributed by atoms with Crippen molar-refractivity contribution in [1.29, 1.82) is 0 Å². The van der Waals surface area contributed by atoms with Crippen molar-refractivity contribution in [3.8, 4) is 0 Å². The number of methoxy groups -OCH3 is 2. The average Bonchev–Trinajstić information content (AvgIpc) is 3.82. The molecular weight excluding hydrogens is 897 g/mol. The third-order valence-electron chi connectivity index (χ3n) is 13.5. The molecule has 0 aliphatic carbocycles. The smallest absolute Gasteiger partial charge is 0.245 e. The van der Waals surface area contributed by atoms with Crippen LogP contribution >= 0.6 is 0 Å². The summed E-state index contributed by atoms with van der Waals surface area (Å²) in [6, 6.07) is 3.61. The van der Waals surface area contributed by atoms with Gasteiger partial charge in [0.2, 0.25) is 23.6 Å². The van der Waals surface area contributed by atoms with Crippen LogP contribution in [0, 0.1) is 29.6 Å². The van der Waals surface area contributed by atoms with E-state index in [-0.39, 0.29) is 65.5 Å². The fourth-order valence-electron chi connectivity index (χ4n) is 9.17. The predicted octanol–water partition coefficient (Wildman–Crippen LogP) is 5.22. The summed E-state index contributed by atoms with van der Waals surface area (Å²) in [6.07, 6.45) is 5.39. The van der Waals surface area contributed by atoms with E-state index in [0.717, 1.165) is 31.4 Å². The van der Waals surface area contributed by atoms with E-state index in [0.29, 0.717) is 91.8 Å². The summed E-state index contributed by atoms with van der Waals surface area (Å²) >= 11 is 0. The number of likely N-dealkylation sites (tertiary alicyclic amines) is 1. The maximum Gasteiger partial charge on any atom is 0.245 e. The average molecular weight is 991 g/mol. The molecule has 402 valence electrons. The lowest BCUT2D eigenvalue weighted by atomic mass is 9.89. The number of ether oxygens (including phenoxy) is 6. The Kier molecular flexibility index (Phi) is 31.0. The predicted molar refractivity (Wildman–Crippen MR) is 272 cm³/mol. The summed E-state index contributed by atoms with van der Waals surface area (Å²) < 4.78 is 34.7. The molecule has 2 rings (SSSR count). The van der Waals surface area contributed by atoms with Crippen molar-refractivity contribution in [3.63, 3.8) is 0 Å². The number of hydrogen-bond donors (Lipinski definition) is 2. The lowest BCUT2D eigenvalue weighted by Gasteiger charge is -2.41. The third kappa shape index (κ3) is 21.6. The Balaban J connectivity index is 1.93. The highest BCUT2D eigenvalue weighted by Gasteiger charge is 2.43. The molecule has 0 spiro atoms. The van der Waals surface area contributed by atoms with Gasteiger partial charge in [-0.05, 0) is 62.6 Å². The zero-order valence-electron chi connectivity index (χ0n) is 45.4. The van der Waals surface area contributed by atoms with Gasteiger partial charge in [0.15, 0.2) is 0 Å². The Labute approximate surface area is 421 Å². The number of nitrogens with one attached hydrogen (secondary N) is 2. The Bertz CT molecular complexity index is 1640. The van der Waals surface area contributed by atoms with Gasteiger partial charge in [-0.15, -0.1) is 0 Å². The number of nitrogens with zero attached hydrogens (tertiary/aromatic N) is 4. The largest absolute Gasteiger partial charge is 0.381 e. The van der Waals surface area contributed by atoms with Crippen molar-refractivity contribution in [3.05, 3.63) is 30.1 Å². The van der Waals surface area contributed by atoms with Crippen LogP contribution in [0.4, 0.5) is 0 Å². The number of ketones is 1. The molecule has 70 heavy (non-hydrogen) atoms. The summed E-state index contributed by atoms with van der Waals surface area (Å²) in [7, 11) is 6.81. The number of pyridine rings is 1. The van der Waals surface area contributed by atoms with E-state index < -0.39 is 36.3 Å². The van der Waals surface area contributed by atoms with Gasteiger partial charge in [0.1, 0.15) is 11.8 Å². The molecule has 1 aromatic rings. The summed E-state index contributed by atoms with van der Waals surface area (Å²) in [5.41, 5.74) is 0.893. The molecule has 17 nitrogen and oxygen atoms in total. The Morgan fingerprint density at radius 2 is 1.43 bits per heavy atom. The number of carbonyl (C=O) groups is 5. The van der Waals surface area contributed by atoms with Gasteiger partial charge in [-0.25, -0.2) is 0 Å². The van der Waals surface area contributed by atoms with Crippen molar-refractivity contribution >= 4 is 29.4 Å². The number of rotatable bonds is 38. The molecular formula is C53H94N6O11. The van der Waals surface area contributed by atoms with Crippen LogP contribution in [0.15, 0.2) is 24.4 Å². The van der Waals surface area contributed by atoms with Crippen molar-refractivity contribution in [2.75, 3.05) is 101 Å². The summed E-state index contributed by atoms with van der Waals surface area (Å²) in [5.74, 6) is -1.31. The minimum Gasteiger partial charge on any atom is -0.381 e. The molecule has 1 fully saturated rings. The number of aromatic nitrogens is 1. The fraction of sp³-hybridized carbons (Fsp3) is 0.811. The Morgan fingerprint density at radius 1 is 0.800 bits per heavy atom. The standard InChI is InChI=1S/C53H94N6O11/c1-14-40(8)49(45(65-12)36-46(61)59-26-17-21-43(59)50(66-13)41(9)51(62)55-25-22-42-20-15-16-24-54-42)58(11)53(64)47(38(4)5)56-52(63)48(39(6)7)57(10)27-33-68-30-18-28-67-29-19-31-69-34-35-70-32-23-44(60)37(2)3/h15-16,20,24,37-41,43,45,47-50H,14,17-19,21-23,25-36H2,1-13H3,(H,55,62)(H,56,63)/t40-,41+,43-,45+,47-,48-,49-,50+/m0/s1. The van der Waals surface area contributed by atoms with Crippen LogP contribution in [0.2, 0.25) is 0 Å². The van der Waals surface area contributed by atoms with E-state index in [1.807, 2.05) is 83.5 Å². The summed E-state index contributed by atoms with van der Waals surface area (Å²) in [5, 5.41) is 6.14. The SMILES string of the molecule is CC[C@H](C)[C@@H]([C@@H](CC(=O)N1CCC[C@H]1[C@H](OC)[C@@H](C)C(=O)NCCc1ccccn1)OC)N(C)C(=O)[C@@H](NC(=O)[C@H](C(C)C)N(C)CCOCCCOCCCOCCOCCC(=O)C(C)C)C(C)C. The molecule has 0 unspecified atom stereocenters. The molecule has 2 N–H and O–H groups in total. The monoisotopic (exact) mass is 991 g/mol. The van der Waals surface area contributed by atoms with E-state index in [1.54, 1.807) is 32.4 Å². The molecule has 1 aliphatic heterocycles. The second-order valence-corrected chi connectivity index (χ2v) is 19.9. The van der Waals surface area contributed by atoms with Crippen LogP contribution in [0.5, 0.6) is 0 Å². The van der Waals surface area contributed by atoms with E-state index >= 15 is 0 Å². The van der Waals surface area contributed by atoms with E-state index in [4.69, 9.17) is 28.4 Å². The van der Waals surface area contributed by atoms with Gasteiger partial charge < -0.3 is 48.9 Å². The molecule has 1 saturated heterocycles. The van der Waals surface area contributed by atoms with Crippen molar-refractivity contribution in [2.24, 2.45) is 29.6 Å². The minimum atomic E-state index is -0.816. The van der Waals surface area contributed by atoms with Crippen LogP contribution < -0.4 is 10.6 Å². The molecule has 2 heterocycles. The molecule has 0 saturated carbocycles. The third-order valence-corrected chi connectivity index (χ3v) is 13.5. The lowest BCUT2D eigenvalue weighted by Crippen LogP contribution is -2.60. The minimum absolute atomic E-state index is 0.0341. The van der Waals surface area contributed by atoms with E-state index in [2.05, 4.69) is 29.5 Å². The highest BCUT2D eigenvalue weighted by atomic mass is 16.5. The number of hydrogen-bond acceptors (Lipinski definition) is 13. The molecule has 0 aromatic carbocycles. The Hall–Kier alpha value is -3.58. The van der Waals surface area contributed by atoms with Gasteiger partial charge in [-0.1, -0.05) is 74.8 Å². The maximum atomic E-state index is 14.6. The second kappa shape index (κ2) is 34.7. The second-order valence-electron chi connectivity index (χ2n) is 19.9. The molecule has 0 bridgehead atoms. The fourth-order valence-corrected chi connectivity index (χ4v) is 9.17. The van der Waals surface area contributed by atoms with E-state index in [9.17, 15) is 24.0 Å². The molecule has 1 aliphatic rings. The number of likely N-dealkylation sites (N-methyl/N-ethyl adjacent to an activating group) is 2. The normalized spacial score (nSPS) is 17.1. The van der Waals surface area contributed by atoms with Crippen LogP contribution in [-0.4, -0.2) is 186 Å². The molecule has 1 aromatic heterocycles. The number of carbonyl (C=O) groups excluding carboxylic acids is 5.